The van der Waals surface area contributed by atoms with E-state index in [0.29, 0.717) is 12.1 Å². The van der Waals surface area contributed by atoms with E-state index in [0.717, 1.165) is 12.7 Å². The Morgan fingerprint density at radius 1 is 1.23 bits per heavy atom. The highest BCUT2D eigenvalue weighted by atomic mass is 32.2. The van der Waals surface area contributed by atoms with Gasteiger partial charge in [0.2, 0.25) is 0 Å². The summed E-state index contributed by atoms with van der Waals surface area (Å²) in [6.45, 7) is 2.73. The molecule has 4 nitrogen and oxygen atoms in total. The lowest BCUT2D eigenvalue weighted by molar-refractivity contribution is 0.0679. The van der Waals surface area contributed by atoms with Crippen LogP contribution in [0, 0.1) is 0 Å². The van der Waals surface area contributed by atoms with Crippen LogP contribution in [0.5, 0.6) is 0 Å². The van der Waals surface area contributed by atoms with E-state index >= 15 is 0 Å². The molecule has 1 aromatic heterocycles. The van der Waals surface area contributed by atoms with Gasteiger partial charge in [-0.25, -0.2) is 8.42 Å². The second-order valence-corrected chi connectivity index (χ2v) is 8.54. The molecule has 0 unspecified atom stereocenters. The minimum absolute atomic E-state index is 0.0515. The average Bonchev–Trinajstić information content (AvgIpc) is 2.96. The first-order valence-corrected chi connectivity index (χ1v) is 9.82. The summed E-state index contributed by atoms with van der Waals surface area (Å²) in [7, 11) is -3.24. The van der Waals surface area contributed by atoms with Crippen LogP contribution in [0.2, 0.25) is 0 Å². The first-order chi connectivity index (χ1) is 10.4. The van der Waals surface area contributed by atoms with Crippen molar-refractivity contribution >= 4 is 27.1 Å². The Bertz CT molecular complexity index is 806. The van der Waals surface area contributed by atoms with Crippen LogP contribution >= 0.6 is 11.3 Å². The Morgan fingerprint density at radius 2 is 1.91 bits per heavy atom. The van der Waals surface area contributed by atoms with Crippen LogP contribution < -0.4 is 0 Å². The van der Waals surface area contributed by atoms with E-state index in [1.54, 1.807) is 23.5 Å². The fourth-order valence-electron chi connectivity index (χ4n) is 2.80. The molecular formula is C16H17NO3S2. The molecule has 0 N–H and O–H groups in total. The molecule has 0 spiro atoms. The molecule has 3 rings (SSSR count). The molecule has 0 saturated heterocycles. The van der Waals surface area contributed by atoms with Gasteiger partial charge in [-0.2, -0.15) is 0 Å². The molecule has 2 heterocycles. The van der Waals surface area contributed by atoms with Gasteiger partial charge in [0.05, 0.1) is 10.9 Å². The molecule has 1 atom stereocenters. The van der Waals surface area contributed by atoms with Crippen LogP contribution in [0.1, 0.15) is 33.8 Å². The van der Waals surface area contributed by atoms with Crippen molar-refractivity contribution in [2.45, 2.75) is 24.3 Å². The molecule has 6 heteroatoms. The van der Waals surface area contributed by atoms with Gasteiger partial charge in [0.1, 0.15) is 0 Å². The third-order valence-electron chi connectivity index (χ3n) is 4.07. The first-order valence-electron chi connectivity index (χ1n) is 7.05. The number of fused-ring (bicyclic) bond motifs is 1. The van der Waals surface area contributed by atoms with Gasteiger partial charge < -0.3 is 4.90 Å². The minimum Gasteiger partial charge on any atom is -0.331 e. The van der Waals surface area contributed by atoms with Crippen molar-refractivity contribution in [3.8, 4) is 0 Å². The first kappa shape index (κ1) is 15.2. The van der Waals surface area contributed by atoms with Crippen molar-refractivity contribution in [1.29, 1.82) is 0 Å². The van der Waals surface area contributed by atoms with Gasteiger partial charge in [0.15, 0.2) is 9.84 Å². The molecule has 1 amide bonds. The number of carbonyl (C=O) groups excluding carboxylic acids is 1. The molecule has 116 valence electrons. The normalized spacial score (nSPS) is 18.1. The molecule has 0 aliphatic carbocycles. The van der Waals surface area contributed by atoms with E-state index in [4.69, 9.17) is 0 Å². The number of amides is 1. The van der Waals surface area contributed by atoms with Crippen LogP contribution in [-0.2, 0) is 16.3 Å². The zero-order chi connectivity index (χ0) is 15.9. The van der Waals surface area contributed by atoms with Crippen molar-refractivity contribution in [2.75, 3.05) is 12.8 Å². The summed E-state index contributed by atoms with van der Waals surface area (Å²) < 4.78 is 23.0. The summed E-state index contributed by atoms with van der Waals surface area (Å²) in [5.74, 6) is -0.0515. The van der Waals surface area contributed by atoms with Gasteiger partial charge in [-0.05, 0) is 54.6 Å². The summed E-state index contributed by atoms with van der Waals surface area (Å²) in [4.78, 5) is 16.1. The number of hydrogen-bond donors (Lipinski definition) is 0. The molecule has 1 aliphatic rings. The van der Waals surface area contributed by atoms with Crippen LogP contribution in [0.3, 0.4) is 0 Å². The Kier molecular flexibility index (Phi) is 3.82. The Hall–Kier alpha value is -1.66. The molecule has 0 saturated carbocycles. The van der Waals surface area contributed by atoms with E-state index < -0.39 is 9.84 Å². The summed E-state index contributed by atoms with van der Waals surface area (Å²) in [5, 5.41) is 2.07. The SMILES string of the molecule is C[C@H]1c2ccsc2CCN1C(=O)c1ccc(S(C)(=O)=O)cc1. The fraction of sp³-hybridized carbons (Fsp3) is 0.312. The lowest BCUT2D eigenvalue weighted by Gasteiger charge is -2.33. The summed E-state index contributed by atoms with van der Waals surface area (Å²) in [5.41, 5.74) is 1.75. The van der Waals surface area contributed by atoms with E-state index in [9.17, 15) is 13.2 Å². The van der Waals surface area contributed by atoms with Crippen molar-refractivity contribution < 1.29 is 13.2 Å². The third kappa shape index (κ3) is 2.68. The second kappa shape index (κ2) is 5.52. The largest absolute Gasteiger partial charge is 0.331 e. The lowest BCUT2D eigenvalue weighted by Crippen LogP contribution is -2.38. The monoisotopic (exact) mass is 335 g/mol. The van der Waals surface area contributed by atoms with Gasteiger partial charge in [0.25, 0.3) is 5.91 Å². The van der Waals surface area contributed by atoms with Crippen molar-refractivity contribution in [2.24, 2.45) is 0 Å². The molecule has 1 aliphatic heterocycles. The highest BCUT2D eigenvalue weighted by Gasteiger charge is 2.28. The van der Waals surface area contributed by atoms with E-state index in [-0.39, 0.29) is 16.8 Å². The van der Waals surface area contributed by atoms with E-state index in [1.165, 1.54) is 22.6 Å². The maximum Gasteiger partial charge on any atom is 0.254 e. The Balaban J connectivity index is 1.86. The molecule has 1 aromatic carbocycles. The fourth-order valence-corrected chi connectivity index (χ4v) is 4.39. The quantitative estimate of drug-likeness (QED) is 0.848. The van der Waals surface area contributed by atoms with Gasteiger partial charge in [-0.3, -0.25) is 4.79 Å². The van der Waals surface area contributed by atoms with Crippen molar-refractivity contribution in [1.82, 2.24) is 4.90 Å². The minimum atomic E-state index is -3.24. The maximum atomic E-state index is 12.7. The molecule has 22 heavy (non-hydrogen) atoms. The number of rotatable bonds is 2. The topological polar surface area (TPSA) is 54.5 Å². The van der Waals surface area contributed by atoms with Crippen molar-refractivity contribution in [3.05, 3.63) is 51.7 Å². The standard InChI is InChI=1S/C16H17NO3S2/c1-11-14-8-10-21-15(14)7-9-17(11)16(18)12-3-5-13(6-4-12)22(2,19)20/h3-6,8,10-11H,7,9H2,1-2H3/t11-/m0/s1. The van der Waals surface area contributed by atoms with Gasteiger partial charge in [0, 0.05) is 23.2 Å². The molecule has 2 aromatic rings. The number of sulfone groups is 1. The Labute approximate surface area is 134 Å². The van der Waals surface area contributed by atoms with Crippen LogP contribution in [-0.4, -0.2) is 32.0 Å². The van der Waals surface area contributed by atoms with Crippen LogP contribution in [0.4, 0.5) is 0 Å². The summed E-state index contributed by atoms with van der Waals surface area (Å²) in [6.07, 6.45) is 2.04. The number of nitrogens with zero attached hydrogens (tertiary/aromatic N) is 1. The van der Waals surface area contributed by atoms with Crippen molar-refractivity contribution in [3.63, 3.8) is 0 Å². The summed E-state index contributed by atoms with van der Waals surface area (Å²) >= 11 is 1.74. The molecule has 0 bridgehead atoms. The summed E-state index contributed by atoms with van der Waals surface area (Å²) in [6, 6.07) is 8.30. The van der Waals surface area contributed by atoms with E-state index in [2.05, 4.69) is 11.4 Å². The highest BCUT2D eigenvalue weighted by Crippen LogP contribution is 2.33. The average molecular weight is 335 g/mol. The molecule has 0 radical (unpaired) electrons. The third-order valence-corrected chi connectivity index (χ3v) is 6.19. The zero-order valence-electron chi connectivity index (χ0n) is 12.4. The van der Waals surface area contributed by atoms with Gasteiger partial charge >= 0.3 is 0 Å². The highest BCUT2D eigenvalue weighted by molar-refractivity contribution is 7.90. The lowest BCUT2D eigenvalue weighted by atomic mass is 10.0. The number of thiophene rings is 1. The Morgan fingerprint density at radius 3 is 2.55 bits per heavy atom. The second-order valence-electron chi connectivity index (χ2n) is 5.52. The predicted molar refractivity (Wildman–Crippen MR) is 87.0 cm³/mol. The van der Waals surface area contributed by atoms with Crippen LogP contribution in [0.15, 0.2) is 40.6 Å². The smallest absolute Gasteiger partial charge is 0.254 e. The van der Waals surface area contributed by atoms with Gasteiger partial charge in [-0.1, -0.05) is 0 Å². The van der Waals surface area contributed by atoms with E-state index in [1.807, 2.05) is 11.8 Å². The predicted octanol–water partition coefficient (Wildman–Crippen LogP) is 2.91. The molecular weight excluding hydrogens is 318 g/mol. The van der Waals surface area contributed by atoms with Gasteiger partial charge in [-0.15, -0.1) is 11.3 Å². The number of hydrogen-bond acceptors (Lipinski definition) is 4. The van der Waals surface area contributed by atoms with Crippen LogP contribution in [0.25, 0.3) is 0 Å². The number of carbonyl (C=O) groups is 1. The molecule has 0 fully saturated rings. The number of benzene rings is 1. The zero-order valence-corrected chi connectivity index (χ0v) is 14.1. The maximum absolute atomic E-state index is 12.7.